The van der Waals surface area contributed by atoms with Crippen LogP contribution in [0.25, 0.3) is 0 Å². The highest BCUT2D eigenvalue weighted by molar-refractivity contribution is 4.93. The number of rotatable bonds is 2. The van der Waals surface area contributed by atoms with Gasteiger partial charge < -0.3 is 10.2 Å². The van der Waals surface area contributed by atoms with Crippen LogP contribution in [-0.2, 0) is 0 Å². The average molecular weight is 293 g/mol. The van der Waals surface area contributed by atoms with Crippen LogP contribution < -0.4 is 5.32 Å². The molecule has 0 aromatic heterocycles. The van der Waals surface area contributed by atoms with E-state index >= 15 is 0 Å². The highest BCUT2D eigenvalue weighted by Gasteiger charge is 2.39. The van der Waals surface area contributed by atoms with Crippen LogP contribution in [0.5, 0.6) is 0 Å². The van der Waals surface area contributed by atoms with E-state index in [1.807, 2.05) is 0 Å². The number of likely N-dealkylation sites (tertiary alicyclic amines) is 1. The number of nitrogens with zero attached hydrogens (tertiary/aromatic N) is 1. The molecule has 3 unspecified atom stereocenters. The van der Waals surface area contributed by atoms with E-state index in [-0.39, 0.29) is 0 Å². The maximum Gasteiger partial charge on any atom is 0.0128 e. The zero-order valence-corrected chi connectivity index (χ0v) is 14.5. The summed E-state index contributed by atoms with van der Waals surface area (Å²) in [5.74, 6) is 1.87. The molecule has 2 aliphatic heterocycles. The molecule has 0 amide bonds. The summed E-state index contributed by atoms with van der Waals surface area (Å²) < 4.78 is 0. The summed E-state index contributed by atoms with van der Waals surface area (Å²) >= 11 is 0. The Bertz CT molecular complexity index is 319. The third kappa shape index (κ3) is 3.64. The van der Waals surface area contributed by atoms with Crippen LogP contribution >= 0.6 is 0 Å². The van der Waals surface area contributed by atoms with Crippen molar-refractivity contribution in [2.24, 2.45) is 17.3 Å². The largest absolute Gasteiger partial charge is 0.314 e. The fraction of sp³-hybridized carbons (Fsp3) is 1.00. The van der Waals surface area contributed by atoms with Gasteiger partial charge >= 0.3 is 0 Å². The van der Waals surface area contributed by atoms with Crippen molar-refractivity contribution in [2.45, 2.75) is 84.2 Å². The SMILES string of the molecule is CC(C)(C)C1CCCCC1N1CCC(C2CCCN2)CC1. The van der Waals surface area contributed by atoms with Gasteiger partial charge in [0.2, 0.25) is 0 Å². The molecule has 0 bridgehead atoms. The van der Waals surface area contributed by atoms with E-state index in [4.69, 9.17) is 0 Å². The van der Waals surface area contributed by atoms with Crippen molar-refractivity contribution in [3.63, 3.8) is 0 Å². The Balaban J connectivity index is 1.57. The molecule has 0 radical (unpaired) electrons. The van der Waals surface area contributed by atoms with Gasteiger partial charge in [-0.2, -0.15) is 0 Å². The van der Waals surface area contributed by atoms with Gasteiger partial charge in [0.05, 0.1) is 0 Å². The Hall–Kier alpha value is -0.0800. The maximum atomic E-state index is 3.74. The van der Waals surface area contributed by atoms with Crippen LogP contribution in [0, 0.1) is 17.3 Å². The topological polar surface area (TPSA) is 15.3 Å². The molecule has 122 valence electrons. The number of hydrogen-bond acceptors (Lipinski definition) is 2. The molecule has 0 aromatic rings. The summed E-state index contributed by atoms with van der Waals surface area (Å²) in [6, 6.07) is 1.72. The van der Waals surface area contributed by atoms with Gasteiger partial charge in [-0.1, -0.05) is 33.6 Å². The van der Waals surface area contributed by atoms with Gasteiger partial charge in [-0.15, -0.1) is 0 Å². The van der Waals surface area contributed by atoms with E-state index in [0.717, 1.165) is 23.9 Å². The Morgan fingerprint density at radius 2 is 1.57 bits per heavy atom. The van der Waals surface area contributed by atoms with Crippen molar-refractivity contribution in [3.05, 3.63) is 0 Å². The minimum absolute atomic E-state index is 0.481. The van der Waals surface area contributed by atoms with Gasteiger partial charge in [0.1, 0.15) is 0 Å². The summed E-state index contributed by atoms with van der Waals surface area (Å²) in [4.78, 5) is 2.88. The fourth-order valence-corrected chi connectivity index (χ4v) is 5.33. The van der Waals surface area contributed by atoms with E-state index in [0.29, 0.717) is 5.41 Å². The molecule has 1 N–H and O–H groups in total. The summed E-state index contributed by atoms with van der Waals surface area (Å²) in [6.45, 7) is 11.4. The summed E-state index contributed by atoms with van der Waals surface area (Å²) in [5.41, 5.74) is 0.481. The lowest BCUT2D eigenvalue weighted by Gasteiger charge is -2.48. The maximum absolute atomic E-state index is 3.74. The number of piperidine rings is 1. The molecule has 2 heteroatoms. The molecule has 3 aliphatic rings. The van der Waals surface area contributed by atoms with Crippen LogP contribution in [0.3, 0.4) is 0 Å². The van der Waals surface area contributed by atoms with Crippen LogP contribution in [0.4, 0.5) is 0 Å². The second kappa shape index (κ2) is 6.58. The van der Waals surface area contributed by atoms with E-state index in [1.165, 1.54) is 71.0 Å². The molecular weight excluding hydrogens is 256 g/mol. The number of nitrogens with one attached hydrogen (secondary N) is 1. The predicted molar refractivity (Wildman–Crippen MR) is 90.5 cm³/mol. The molecule has 2 saturated heterocycles. The average Bonchev–Trinajstić information content (AvgIpc) is 3.01. The van der Waals surface area contributed by atoms with Crippen molar-refractivity contribution < 1.29 is 0 Å². The lowest BCUT2D eigenvalue weighted by molar-refractivity contribution is 0.0180. The summed E-state index contributed by atoms with van der Waals surface area (Å²) in [7, 11) is 0. The predicted octanol–water partition coefficient (Wildman–Crippen LogP) is 4.06. The van der Waals surface area contributed by atoms with Crippen molar-refractivity contribution in [3.8, 4) is 0 Å². The lowest BCUT2D eigenvalue weighted by Crippen LogP contribution is -2.51. The standard InChI is InChI=1S/C19H36N2/c1-19(2,3)16-7-4-5-9-18(16)21-13-10-15(11-14-21)17-8-6-12-20-17/h15-18,20H,4-14H2,1-3H3. The molecule has 21 heavy (non-hydrogen) atoms. The fourth-order valence-electron chi connectivity index (χ4n) is 5.33. The zero-order valence-electron chi connectivity index (χ0n) is 14.5. The second-order valence-corrected chi connectivity index (χ2v) is 8.90. The molecule has 3 rings (SSSR count). The van der Waals surface area contributed by atoms with Gasteiger partial charge in [-0.05, 0) is 75.4 Å². The Morgan fingerprint density at radius 1 is 0.857 bits per heavy atom. The molecule has 2 nitrogen and oxygen atoms in total. The first kappa shape index (κ1) is 15.8. The molecular formula is C19H36N2. The zero-order chi connectivity index (χ0) is 14.9. The van der Waals surface area contributed by atoms with Crippen molar-refractivity contribution in [2.75, 3.05) is 19.6 Å². The first-order chi connectivity index (χ1) is 10.1. The van der Waals surface area contributed by atoms with Crippen LogP contribution in [0.1, 0.15) is 72.1 Å². The second-order valence-electron chi connectivity index (χ2n) is 8.90. The Kier molecular flexibility index (Phi) is 4.95. The van der Waals surface area contributed by atoms with Crippen molar-refractivity contribution in [1.82, 2.24) is 10.2 Å². The first-order valence-corrected chi connectivity index (χ1v) is 9.53. The Morgan fingerprint density at radius 3 is 2.19 bits per heavy atom. The van der Waals surface area contributed by atoms with Gasteiger partial charge in [-0.25, -0.2) is 0 Å². The smallest absolute Gasteiger partial charge is 0.0128 e. The minimum atomic E-state index is 0.481. The third-order valence-corrected chi connectivity index (χ3v) is 6.55. The summed E-state index contributed by atoms with van der Waals surface area (Å²) in [6.07, 6.45) is 11.5. The van der Waals surface area contributed by atoms with Crippen molar-refractivity contribution >= 4 is 0 Å². The molecule has 0 aromatic carbocycles. The van der Waals surface area contributed by atoms with E-state index in [2.05, 4.69) is 31.0 Å². The molecule has 3 atom stereocenters. The highest BCUT2D eigenvalue weighted by atomic mass is 15.2. The van der Waals surface area contributed by atoms with Gasteiger partial charge in [0.15, 0.2) is 0 Å². The van der Waals surface area contributed by atoms with E-state index < -0.39 is 0 Å². The van der Waals surface area contributed by atoms with Crippen LogP contribution in [0.2, 0.25) is 0 Å². The van der Waals surface area contributed by atoms with Crippen LogP contribution in [0.15, 0.2) is 0 Å². The molecule has 2 heterocycles. The normalized spacial score (nSPS) is 37.0. The van der Waals surface area contributed by atoms with Crippen molar-refractivity contribution in [1.29, 1.82) is 0 Å². The van der Waals surface area contributed by atoms with Gasteiger partial charge in [0.25, 0.3) is 0 Å². The lowest BCUT2D eigenvalue weighted by atomic mass is 9.68. The third-order valence-electron chi connectivity index (χ3n) is 6.55. The van der Waals surface area contributed by atoms with Gasteiger partial charge in [-0.3, -0.25) is 0 Å². The van der Waals surface area contributed by atoms with Crippen LogP contribution in [-0.4, -0.2) is 36.6 Å². The Labute approximate surface area is 132 Å². The quantitative estimate of drug-likeness (QED) is 0.826. The first-order valence-electron chi connectivity index (χ1n) is 9.53. The highest BCUT2D eigenvalue weighted by Crippen LogP contribution is 2.41. The minimum Gasteiger partial charge on any atom is -0.314 e. The van der Waals surface area contributed by atoms with E-state index in [1.54, 1.807) is 0 Å². The molecule has 3 fully saturated rings. The molecule has 1 saturated carbocycles. The monoisotopic (exact) mass is 292 g/mol. The van der Waals surface area contributed by atoms with Gasteiger partial charge in [0, 0.05) is 12.1 Å². The number of hydrogen-bond donors (Lipinski definition) is 1. The van der Waals surface area contributed by atoms with E-state index in [9.17, 15) is 0 Å². The molecule has 1 aliphatic carbocycles. The summed E-state index contributed by atoms with van der Waals surface area (Å²) in [5, 5.41) is 3.74. The molecule has 0 spiro atoms.